The van der Waals surface area contributed by atoms with Crippen molar-refractivity contribution < 1.29 is 19.0 Å². The predicted molar refractivity (Wildman–Crippen MR) is 139 cm³/mol. The van der Waals surface area contributed by atoms with Crippen LogP contribution in [0, 0.1) is 11.3 Å². The van der Waals surface area contributed by atoms with Gasteiger partial charge in [-0.25, -0.2) is 4.79 Å². The van der Waals surface area contributed by atoms with E-state index in [0.29, 0.717) is 28.7 Å². The SMILES string of the molecule is CCCCCOc1ccccc1C1C(C#N)=C(N)Oc2cc(OC(=O)c3ccc(Cl)cc3Cl)ccc21. The van der Waals surface area contributed by atoms with E-state index in [2.05, 4.69) is 13.0 Å². The minimum atomic E-state index is -0.643. The largest absolute Gasteiger partial charge is 0.493 e. The lowest BCUT2D eigenvalue weighted by atomic mass is 9.83. The quantitative estimate of drug-likeness (QED) is 0.194. The van der Waals surface area contributed by atoms with Crippen LogP contribution < -0.4 is 19.9 Å². The second-order valence-electron chi connectivity index (χ2n) is 8.23. The molecule has 4 rings (SSSR count). The minimum absolute atomic E-state index is 0.0139. The molecule has 8 heteroatoms. The summed E-state index contributed by atoms with van der Waals surface area (Å²) in [7, 11) is 0. The lowest BCUT2D eigenvalue weighted by Gasteiger charge is -2.28. The first-order valence-electron chi connectivity index (χ1n) is 11.5. The first-order valence-corrected chi connectivity index (χ1v) is 12.3. The number of carbonyl (C=O) groups excluding carboxylic acids is 1. The molecule has 1 aliphatic heterocycles. The van der Waals surface area contributed by atoms with Gasteiger partial charge < -0.3 is 19.9 Å². The summed E-state index contributed by atoms with van der Waals surface area (Å²) in [6.45, 7) is 2.71. The predicted octanol–water partition coefficient (Wildman–Crippen LogP) is 7.00. The molecule has 0 radical (unpaired) electrons. The Morgan fingerprint density at radius 3 is 2.64 bits per heavy atom. The Morgan fingerprint density at radius 2 is 1.89 bits per heavy atom. The Kier molecular flexibility index (Phi) is 8.04. The van der Waals surface area contributed by atoms with Crippen molar-refractivity contribution in [3.63, 3.8) is 0 Å². The molecule has 0 spiro atoms. The van der Waals surface area contributed by atoms with E-state index in [0.717, 1.165) is 24.8 Å². The molecule has 1 atom stereocenters. The average molecular weight is 523 g/mol. The van der Waals surface area contributed by atoms with Gasteiger partial charge in [-0.2, -0.15) is 5.26 Å². The van der Waals surface area contributed by atoms with Crippen molar-refractivity contribution in [2.24, 2.45) is 5.73 Å². The summed E-state index contributed by atoms with van der Waals surface area (Å²) >= 11 is 12.1. The number of esters is 1. The molecule has 0 saturated carbocycles. The number of benzene rings is 3. The number of ether oxygens (including phenoxy) is 3. The number of para-hydroxylation sites is 1. The number of carbonyl (C=O) groups is 1. The summed E-state index contributed by atoms with van der Waals surface area (Å²) in [5.74, 6) is 0.137. The van der Waals surface area contributed by atoms with Crippen LogP contribution in [0.4, 0.5) is 0 Å². The molecule has 1 unspecified atom stereocenters. The van der Waals surface area contributed by atoms with E-state index in [-0.39, 0.29) is 27.8 Å². The fourth-order valence-corrected chi connectivity index (χ4v) is 4.51. The number of hydrogen-bond acceptors (Lipinski definition) is 6. The van der Waals surface area contributed by atoms with Gasteiger partial charge in [-0.1, -0.05) is 67.2 Å². The Bertz CT molecular complexity index is 1360. The highest BCUT2D eigenvalue weighted by molar-refractivity contribution is 6.36. The van der Waals surface area contributed by atoms with E-state index in [4.69, 9.17) is 43.1 Å². The number of nitriles is 1. The number of unbranched alkanes of at least 4 members (excludes halogenated alkanes) is 2. The molecule has 36 heavy (non-hydrogen) atoms. The standard InChI is InChI=1S/C28H24Cl2N2O4/c1-2-3-6-13-34-24-8-5-4-7-20(24)26-21-12-10-18(15-25(21)36-27(32)22(26)16-31)35-28(33)19-11-9-17(29)14-23(19)30/h4-5,7-12,14-15,26H,2-3,6,13,32H2,1H3. The van der Waals surface area contributed by atoms with Crippen LogP contribution in [0.2, 0.25) is 10.0 Å². The Hall–Kier alpha value is -3.66. The smallest absolute Gasteiger partial charge is 0.345 e. The Morgan fingerprint density at radius 1 is 1.08 bits per heavy atom. The maximum atomic E-state index is 12.7. The van der Waals surface area contributed by atoms with E-state index in [1.165, 1.54) is 12.1 Å². The van der Waals surface area contributed by atoms with Gasteiger partial charge in [-0.3, -0.25) is 0 Å². The van der Waals surface area contributed by atoms with E-state index in [1.54, 1.807) is 24.3 Å². The van der Waals surface area contributed by atoms with Crippen LogP contribution in [0.15, 0.2) is 72.1 Å². The number of nitrogens with zero attached hydrogens (tertiary/aromatic N) is 1. The van der Waals surface area contributed by atoms with Gasteiger partial charge in [0.2, 0.25) is 5.88 Å². The van der Waals surface area contributed by atoms with Gasteiger partial charge in [-0.05, 0) is 36.8 Å². The van der Waals surface area contributed by atoms with E-state index < -0.39 is 11.9 Å². The summed E-state index contributed by atoms with van der Waals surface area (Å²) in [5.41, 5.74) is 8.12. The second-order valence-corrected chi connectivity index (χ2v) is 9.08. The number of nitrogens with two attached hydrogens (primary N) is 1. The van der Waals surface area contributed by atoms with Gasteiger partial charge in [0.05, 0.1) is 23.1 Å². The molecule has 0 bridgehead atoms. The molecule has 3 aromatic rings. The van der Waals surface area contributed by atoms with Crippen LogP contribution in [0.1, 0.15) is 53.6 Å². The first kappa shape index (κ1) is 25.4. The maximum Gasteiger partial charge on any atom is 0.345 e. The van der Waals surface area contributed by atoms with Gasteiger partial charge in [0.1, 0.15) is 28.9 Å². The van der Waals surface area contributed by atoms with Crippen molar-refractivity contribution in [3.8, 4) is 23.3 Å². The third-order valence-corrected chi connectivity index (χ3v) is 6.34. The van der Waals surface area contributed by atoms with Crippen LogP contribution in [0.25, 0.3) is 0 Å². The van der Waals surface area contributed by atoms with Crippen LogP contribution in [0.3, 0.4) is 0 Å². The topological polar surface area (TPSA) is 94.6 Å². The molecule has 6 nitrogen and oxygen atoms in total. The fourth-order valence-electron chi connectivity index (χ4n) is 4.02. The molecule has 0 fully saturated rings. The molecule has 3 aromatic carbocycles. The van der Waals surface area contributed by atoms with Gasteiger partial charge in [0.15, 0.2) is 0 Å². The van der Waals surface area contributed by atoms with Crippen molar-refractivity contribution in [3.05, 3.63) is 98.9 Å². The molecule has 0 amide bonds. The van der Waals surface area contributed by atoms with Crippen molar-refractivity contribution in [1.29, 1.82) is 5.26 Å². The summed E-state index contributed by atoms with van der Waals surface area (Å²) < 4.78 is 17.4. The van der Waals surface area contributed by atoms with E-state index >= 15 is 0 Å². The van der Waals surface area contributed by atoms with Crippen LogP contribution in [-0.4, -0.2) is 12.6 Å². The normalized spacial score (nSPS) is 14.4. The summed E-state index contributed by atoms with van der Waals surface area (Å²) in [6.07, 6.45) is 3.10. The lowest BCUT2D eigenvalue weighted by molar-refractivity contribution is 0.0734. The Labute approximate surface area is 219 Å². The minimum Gasteiger partial charge on any atom is -0.493 e. The van der Waals surface area contributed by atoms with Gasteiger partial charge in [0, 0.05) is 22.2 Å². The highest BCUT2D eigenvalue weighted by atomic mass is 35.5. The molecule has 0 aromatic heterocycles. The molecule has 0 aliphatic carbocycles. The van der Waals surface area contributed by atoms with Crippen LogP contribution >= 0.6 is 23.2 Å². The molecule has 1 heterocycles. The van der Waals surface area contributed by atoms with Crippen molar-refractivity contribution >= 4 is 29.2 Å². The van der Waals surface area contributed by atoms with Gasteiger partial charge in [-0.15, -0.1) is 0 Å². The van der Waals surface area contributed by atoms with E-state index in [1.807, 2.05) is 24.3 Å². The zero-order chi connectivity index (χ0) is 25.7. The third kappa shape index (κ3) is 5.43. The van der Waals surface area contributed by atoms with Gasteiger partial charge in [0.25, 0.3) is 0 Å². The summed E-state index contributed by atoms with van der Waals surface area (Å²) in [6, 6.07) is 19.2. The van der Waals surface area contributed by atoms with Crippen molar-refractivity contribution in [1.82, 2.24) is 0 Å². The monoisotopic (exact) mass is 522 g/mol. The second kappa shape index (κ2) is 11.4. The summed E-state index contributed by atoms with van der Waals surface area (Å²) in [5, 5.41) is 10.5. The summed E-state index contributed by atoms with van der Waals surface area (Å²) in [4.78, 5) is 12.7. The molecular formula is C28H24Cl2N2O4. The fraction of sp³-hybridized carbons (Fsp3) is 0.214. The van der Waals surface area contributed by atoms with Crippen molar-refractivity contribution in [2.75, 3.05) is 6.61 Å². The van der Waals surface area contributed by atoms with Crippen LogP contribution in [0.5, 0.6) is 17.2 Å². The number of allylic oxidation sites excluding steroid dienone is 1. The molecule has 0 saturated heterocycles. The number of halogens is 2. The number of fused-ring (bicyclic) bond motifs is 1. The lowest BCUT2D eigenvalue weighted by Crippen LogP contribution is -2.21. The zero-order valence-corrected chi connectivity index (χ0v) is 21.1. The first-order chi connectivity index (χ1) is 17.4. The van der Waals surface area contributed by atoms with Crippen LogP contribution in [-0.2, 0) is 0 Å². The zero-order valence-electron chi connectivity index (χ0n) is 19.6. The Balaban J connectivity index is 1.66. The van der Waals surface area contributed by atoms with E-state index in [9.17, 15) is 10.1 Å². The van der Waals surface area contributed by atoms with Gasteiger partial charge >= 0.3 is 5.97 Å². The molecule has 184 valence electrons. The number of rotatable bonds is 8. The molecular weight excluding hydrogens is 499 g/mol. The number of hydrogen-bond donors (Lipinski definition) is 1. The highest BCUT2D eigenvalue weighted by Crippen LogP contribution is 2.46. The average Bonchev–Trinajstić information content (AvgIpc) is 2.86. The molecule has 2 N–H and O–H groups in total. The van der Waals surface area contributed by atoms with Crippen molar-refractivity contribution in [2.45, 2.75) is 32.1 Å². The molecule has 1 aliphatic rings. The maximum absolute atomic E-state index is 12.7. The third-order valence-electron chi connectivity index (χ3n) is 5.79. The highest BCUT2D eigenvalue weighted by Gasteiger charge is 2.33.